The predicted molar refractivity (Wildman–Crippen MR) is 81.9 cm³/mol. The van der Waals surface area contributed by atoms with E-state index >= 15 is 0 Å². The molecule has 0 aromatic heterocycles. The van der Waals surface area contributed by atoms with Gasteiger partial charge >= 0.3 is 0 Å². The highest BCUT2D eigenvalue weighted by atomic mass is 16.7. The van der Waals surface area contributed by atoms with E-state index in [0.717, 1.165) is 6.42 Å². The van der Waals surface area contributed by atoms with Gasteiger partial charge in [-0.1, -0.05) is 12.2 Å². The molecule has 4 atom stereocenters. The molecule has 0 aliphatic heterocycles. The average molecular weight is 298 g/mol. The summed E-state index contributed by atoms with van der Waals surface area (Å²) >= 11 is 0. The van der Waals surface area contributed by atoms with Gasteiger partial charge in [-0.15, -0.1) is 0 Å². The van der Waals surface area contributed by atoms with E-state index in [4.69, 9.17) is 18.9 Å². The third kappa shape index (κ3) is 4.28. The molecule has 1 saturated carbocycles. The molecular formula is C17H30O4. The van der Waals surface area contributed by atoms with E-state index in [2.05, 4.69) is 12.2 Å². The maximum Gasteiger partial charge on any atom is 0.154 e. The van der Waals surface area contributed by atoms with E-state index in [1.165, 1.54) is 6.42 Å². The van der Waals surface area contributed by atoms with E-state index < -0.39 is 0 Å². The van der Waals surface area contributed by atoms with Crippen molar-refractivity contribution >= 4 is 0 Å². The lowest BCUT2D eigenvalue weighted by molar-refractivity contribution is -0.186. The summed E-state index contributed by atoms with van der Waals surface area (Å²) < 4.78 is 22.8. The van der Waals surface area contributed by atoms with Gasteiger partial charge in [-0.05, 0) is 52.4 Å². The van der Waals surface area contributed by atoms with Gasteiger partial charge in [-0.25, -0.2) is 0 Å². The topological polar surface area (TPSA) is 36.9 Å². The van der Waals surface area contributed by atoms with Crippen molar-refractivity contribution < 1.29 is 18.9 Å². The van der Waals surface area contributed by atoms with E-state index in [-0.39, 0.29) is 18.0 Å². The Morgan fingerprint density at radius 1 is 0.952 bits per heavy atom. The number of fused-ring (bicyclic) bond motifs is 2. The minimum atomic E-state index is -0.153. The molecule has 1 fully saturated rings. The summed E-state index contributed by atoms with van der Waals surface area (Å²) in [5, 5.41) is 0. The smallest absolute Gasteiger partial charge is 0.154 e. The first kappa shape index (κ1) is 16.9. The highest BCUT2D eigenvalue weighted by molar-refractivity contribution is 5.15. The lowest BCUT2D eigenvalue weighted by Gasteiger charge is -2.36. The number of allylic oxidation sites excluding steroid dienone is 2. The molecule has 122 valence electrons. The summed E-state index contributed by atoms with van der Waals surface area (Å²) in [6.07, 6.45) is 6.77. The summed E-state index contributed by atoms with van der Waals surface area (Å²) in [5.41, 5.74) is 0.0795. The van der Waals surface area contributed by atoms with Crippen LogP contribution in [0, 0.1) is 17.3 Å². The standard InChI is InChI=1S/C17H30O4/c1-5-18-13(3)20-11-17(12-21-14(4)19-6-2)10-15-7-8-16(17)9-15/h7-8,13-16H,5-6,9-12H2,1-4H3. The molecule has 2 bridgehead atoms. The van der Waals surface area contributed by atoms with Gasteiger partial charge in [0, 0.05) is 18.6 Å². The Bertz CT molecular complexity index is 326. The van der Waals surface area contributed by atoms with Crippen LogP contribution in [-0.2, 0) is 18.9 Å². The Morgan fingerprint density at radius 3 is 1.90 bits per heavy atom. The Morgan fingerprint density at radius 2 is 1.52 bits per heavy atom. The van der Waals surface area contributed by atoms with Gasteiger partial charge in [0.1, 0.15) is 0 Å². The summed E-state index contributed by atoms with van der Waals surface area (Å²) in [6.45, 7) is 10.6. The SMILES string of the molecule is CCOC(C)OCC1(COC(C)OCC)CC2C=CC1C2. The first-order valence-corrected chi connectivity index (χ1v) is 8.24. The van der Waals surface area contributed by atoms with Gasteiger partial charge in [0.25, 0.3) is 0 Å². The van der Waals surface area contributed by atoms with Crippen LogP contribution in [0.15, 0.2) is 12.2 Å². The molecule has 0 radical (unpaired) electrons. The molecule has 0 heterocycles. The largest absolute Gasteiger partial charge is 0.353 e. The third-order valence-electron chi connectivity index (χ3n) is 4.64. The molecule has 0 spiro atoms. The molecule has 2 aliphatic rings. The van der Waals surface area contributed by atoms with Gasteiger partial charge in [-0.2, -0.15) is 0 Å². The van der Waals surface area contributed by atoms with E-state index in [1.54, 1.807) is 0 Å². The van der Waals surface area contributed by atoms with Crippen molar-refractivity contribution in [2.45, 2.75) is 53.1 Å². The predicted octanol–water partition coefficient (Wildman–Crippen LogP) is 3.37. The van der Waals surface area contributed by atoms with Gasteiger partial charge in [0.05, 0.1) is 13.2 Å². The average Bonchev–Trinajstić information content (AvgIpc) is 3.05. The normalized spacial score (nSPS) is 33.5. The van der Waals surface area contributed by atoms with Gasteiger partial charge < -0.3 is 18.9 Å². The van der Waals surface area contributed by atoms with Gasteiger partial charge in [0.15, 0.2) is 12.6 Å². The van der Waals surface area contributed by atoms with Crippen molar-refractivity contribution in [1.29, 1.82) is 0 Å². The highest BCUT2D eigenvalue weighted by Gasteiger charge is 2.49. The van der Waals surface area contributed by atoms with Crippen molar-refractivity contribution in [2.75, 3.05) is 26.4 Å². The first-order valence-electron chi connectivity index (χ1n) is 8.24. The maximum absolute atomic E-state index is 5.94. The maximum atomic E-state index is 5.94. The second-order valence-corrected chi connectivity index (χ2v) is 6.22. The van der Waals surface area contributed by atoms with Crippen molar-refractivity contribution in [1.82, 2.24) is 0 Å². The minimum Gasteiger partial charge on any atom is -0.353 e. The van der Waals surface area contributed by atoms with Crippen LogP contribution in [0.4, 0.5) is 0 Å². The lowest BCUT2D eigenvalue weighted by atomic mass is 9.77. The molecule has 2 aliphatic carbocycles. The number of rotatable bonds is 10. The summed E-state index contributed by atoms with van der Waals surface area (Å²) in [7, 11) is 0. The van der Waals surface area contributed by atoms with Crippen LogP contribution in [0.3, 0.4) is 0 Å². The van der Waals surface area contributed by atoms with Gasteiger partial charge in [-0.3, -0.25) is 0 Å². The molecule has 4 unspecified atom stereocenters. The van der Waals surface area contributed by atoms with Crippen LogP contribution in [0.25, 0.3) is 0 Å². The second-order valence-electron chi connectivity index (χ2n) is 6.22. The Hall–Kier alpha value is -0.420. The molecular weight excluding hydrogens is 268 g/mol. The zero-order valence-corrected chi connectivity index (χ0v) is 13.8. The van der Waals surface area contributed by atoms with Crippen LogP contribution >= 0.6 is 0 Å². The van der Waals surface area contributed by atoms with Gasteiger partial charge in [0.2, 0.25) is 0 Å². The minimum absolute atomic E-state index is 0.0795. The van der Waals surface area contributed by atoms with Crippen LogP contribution in [0.5, 0.6) is 0 Å². The molecule has 0 aromatic carbocycles. The third-order valence-corrected chi connectivity index (χ3v) is 4.64. The van der Waals surface area contributed by atoms with Crippen LogP contribution < -0.4 is 0 Å². The number of ether oxygens (including phenoxy) is 4. The molecule has 0 N–H and O–H groups in total. The van der Waals surface area contributed by atoms with Crippen LogP contribution in [0.2, 0.25) is 0 Å². The van der Waals surface area contributed by atoms with E-state index in [1.807, 2.05) is 27.7 Å². The number of hydrogen-bond donors (Lipinski definition) is 0. The van der Waals surface area contributed by atoms with Crippen molar-refractivity contribution in [3.05, 3.63) is 12.2 Å². The van der Waals surface area contributed by atoms with Crippen molar-refractivity contribution in [3.63, 3.8) is 0 Å². The number of hydrogen-bond acceptors (Lipinski definition) is 4. The summed E-state index contributed by atoms with van der Waals surface area (Å²) in [6, 6.07) is 0. The highest BCUT2D eigenvalue weighted by Crippen LogP contribution is 2.52. The monoisotopic (exact) mass is 298 g/mol. The zero-order valence-electron chi connectivity index (χ0n) is 13.8. The van der Waals surface area contributed by atoms with Crippen molar-refractivity contribution in [3.8, 4) is 0 Å². The summed E-state index contributed by atoms with van der Waals surface area (Å²) in [4.78, 5) is 0. The van der Waals surface area contributed by atoms with Crippen molar-refractivity contribution in [2.24, 2.45) is 17.3 Å². The Kier molecular flexibility index (Phi) is 6.23. The lowest BCUT2D eigenvalue weighted by Crippen LogP contribution is -2.39. The fourth-order valence-corrected chi connectivity index (χ4v) is 3.56. The molecule has 2 rings (SSSR count). The molecule has 0 saturated heterocycles. The van der Waals surface area contributed by atoms with E-state index in [0.29, 0.717) is 38.3 Å². The quantitative estimate of drug-likeness (QED) is 0.458. The molecule has 0 amide bonds. The van der Waals surface area contributed by atoms with E-state index in [9.17, 15) is 0 Å². The summed E-state index contributed by atoms with van der Waals surface area (Å²) in [5.74, 6) is 1.25. The Balaban J connectivity index is 1.91. The fraction of sp³-hybridized carbons (Fsp3) is 0.882. The second kappa shape index (κ2) is 7.73. The molecule has 21 heavy (non-hydrogen) atoms. The van der Waals surface area contributed by atoms with Crippen LogP contribution in [-0.4, -0.2) is 39.0 Å². The zero-order chi connectivity index (χ0) is 15.3. The fourth-order valence-electron chi connectivity index (χ4n) is 3.56. The molecule has 4 nitrogen and oxygen atoms in total. The molecule has 4 heteroatoms. The van der Waals surface area contributed by atoms with Crippen LogP contribution in [0.1, 0.15) is 40.5 Å². The first-order chi connectivity index (χ1) is 10.1. The molecule has 0 aromatic rings. The Labute approximate surface area is 128 Å².